The molecule has 1 aromatic rings. The highest BCUT2D eigenvalue weighted by Crippen LogP contribution is 2.14. The van der Waals surface area contributed by atoms with Crippen LogP contribution in [0.2, 0.25) is 0 Å². The molecule has 0 aliphatic heterocycles. The van der Waals surface area contributed by atoms with E-state index in [0.717, 1.165) is 19.4 Å². The molecule has 7 nitrogen and oxygen atoms in total. The Labute approximate surface area is 114 Å². The minimum atomic E-state index is 0.302. The zero-order valence-corrected chi connectivity index (χ0v) is 12.2. The van der Waals surface area contributed by atoms with Gasteiger partial charge in [-0.2, -0.15) is 15.0 Å². The Morgan fingerprint density at radius 1 is 1.32 bits per heavy atom. The Morgan fingerprint density at radius 3 is 2.63 bits per heavy atom. The van der Waals surface area contributed by atoms with Gasteiger partial charge in [-0.3, -0.25) is 5.43 Å². The maximum atomic E-state index is 5.43. The summed E-state index contributed by atoms with van der Waals surface area (Å²) in [6.45, 7) is 7.84. The molecule has 19 heavy (non-hydrogen) atoms. The highest BCUT2D eigenvalue weighted by molar-refractivity contribution is 5.36. The molecule has 108 valence electrons. The van der Waals surface area contributed by atoms with Crippen molar-refractivity contribution in [3.8, 4) is 6.01 Å². The molecule has 0 amide bonds. The van der Waals surface area contributed by atoms with E-state index < -0.39 is 0 Å². The SMILES string of the molecule is CCCOc1nc(NN)nc(N(C)CCC(C)C)n1. The van der Waals surface area contributed by atoms with Crippen LogP contribution in [0.3, 0.4) is 0 Å². The second-order valence-electron chi connectivity index (χ2n) is 4.84. The largest absolute Gasteiger partial charge is 0.463 e. The molecular weight excluding hydrogens is 244 g/mol. The number of nitrogens with zero attached hydrogens (tertiary/aromatic N) is 4. The first-order valence-electron chi connectivity index (χ1n) is 6.63. The van der Waals surface area contributed by atoms with Crippen molar-refractivity contribution < 1.29 is 4.74 Å². The van der Waals surface area contributed by atoms with E-state index >= 15 is 0 Å². The molecule has 1 rings (SSSR count). The van der Waals surface area contributed by atoms with Crippen LogP contribution in [0.25, 0.3) is 0 Å². The minimum absolute atomic E-state index is 0.302. The second kappa shape index (κ2) is 7.73. The average Bonchev–Trinajstić information content (AvgIpc) is 2.41. The molecule has 3 N–H and O–H groups in total. The summed E-state index contributed by atoms with van der Waals surface area (Å²) in [5.74, 6) is 6.87. The van der Waals surface area contributed by atoms with Crippen LogP contribution in [0, 0.1) is 5.92 Å². The normalized spacial score (nSPS) is 10.6. The molecule has 0 fully saturated rings. The quantitative estimate of drug-likeness (QED) is 0.544. The van der Waals surface area contributed by atoms with Crippen LogP contribution in [0.15, 0.2) is 0 Å². The van der Waals surface area contributed by atoms with Gasteiger partial charge < -0.3 is 9.64 Å². The van der Waals surface area contributed by atoms with Gasteiger partial charge in [0.1, 0.15) is 0 Å². The van der Waals surface area contributed by atoms with Gasteiger partial charge in [-0.15, -0.1) is 0 Å². The zero-order valence-electron chi connectivity index (χ0n) is 12.2. The fourth-order valence-corrected chi connectivity index (χ4v) is 1.39. The number of nitrogens with two attached hydrogens (primary N) is 1. The Morgan fingerprint density at radius 2 is 2.05 bits per heavy atom. The van der Waals surface area contributed by atoms with Gasteiger partial charge in [0.05, 0.1) is 6.61 Å². The number of hydrogen-bond donors (Lipinski definition) is 2. The fraction of sp³-hybridized carbons (Fsp3) is 0.750. The molecule has 0 atom stereocenters. The molecule has 0 aliphatic rings. The predicted molar refractivity (Wildman–Crippen MR) is 76.1 cm³/mol. The van der Waals surface area contributed by atoms with Crippen LogP contribution in [0.1, 0.15) is 33.6 Å². The van der Waals surface area contributed by atoms with E-state index in [1.165, 1.54) is 0 Å². The van der Waals surface area contributed by atoms with E-state index in [1.807, 2.05) is 18.9 Å². The van der Waals surface area contributed by atoms with Crippen LogP contribution >= 0.6 is 0 Å². The third kappa shape index (κ3) is 5.25. The molecule has 0 unspecified atom stereocenters. The first-order chi connectivity index (χ1) is 9.06. The Kier molecular flexibility index (Phi) is 6.27. The molecule has 0 spiro atoms. The lowest BCUT2D eigenvalue weighted by Crippen LogP contribution is -2.24. The van der Waals surface area contributed by atoms with Gasteiger partial charge in [-0.05, 0) is 18.8 Å². The summed E-state index contributed by atoms with van der Waals surface area (Å²) >= 11 is 0. The van der Waals surface area contributed by atoms with Crippen LogP contribution < -0.4 is 20.9 Å². The number of rotatable bonds is 8. The van der Waals surface area contributed by atoms with E-state index in [2.05, 4.69) is 34.2 Å². The lowest BCUT2D eigenvalue weighted by molar-refractivity contribution is 0.292. The molecule has 0 saturated heterocycles. The van der Waals surface area contributed by atoms with Gasteiger partial charge in [0.15, 0.2) is 0 Å². The molecule has 0 aliphatic carbocycles. The number of hydrogen-bond acceptors (Lipinski definition) is 7. The highest BCUT2D eigenvalue weighted by Gasteiger charge is 2.11. The summed E-state index contributed by atoms with van der Waals surface area (Å²) in [5.41, 5.74) is 2.44. The lowest BCUT2D eigenvalue weighted by Gasteiger charge is -2.18. The van der Waals surface area contributed by atoms with Crippen molar-refractivity contribution in [1.82, 2.24) is 15.0 Å². The van der Waals surface area contributed by atoms with Crippen LogP contribution in [-0.4, -0.2) is 35.2 Å². The number of anilines is 2. The van der Waals surface area contributed by atoms with Crippen molar-refractivity contribution in [3.63, 3.8) is 0 Å². The molecule has 0 bridgehead atoms. The summed E-state index contributed by atoms with van der Waals surface area (Å²) in [7, 11) is 1.95. The fourth-order valence-electron chi connectivity index (χ4n) is 1.39. The molecular formula is C12H24N6O. The summed E-state index contributed by atoms with van der Waals surface area (Å²) in [4.78, 5) is 14.5. The highest BCUT2D eigenvalue weighted by atomic mass is 16.5. The lowest BCUT2D eigenvalue weighted by atomic mass is 10.1. The smallest absolute Gasteiger partial charge is 0.323 e. The first-order valence-corrected chi connectivity index (χ1v) is 6.63. The maximum absolute atomic E-state index is 5.43. The van der Waals surface area contributed by atoms with Gasteiger partial charge in [0.25, 0.3) is 0 Å². The summed E-state index contributed by atoms with van der Waals surface area (Å²) in [6.07, 6.45) is 1.97. The van der Waals surface area contributed by atoms with E-state index in [1.54, 1.807) is 0 Å². The summed E-state index contributed by atoms with van der Waals surface area (Å²) < 4.78 is 5.43. The van der Waals surface area contributed by atoms with Gasteiger partial charge in [0, 0.05) is 13.6 Å². The predicted octanol–water partition coefficient (Wildman–Crippen LogP) is 1.43. The third-order valence-corrected chi connectivity index (χ3v) is 2.55. The Balaban J connectivity index is 2.79. The molecule has 1 aromatic heterocycles. The summed E-state index contributed by atoms with van der Waals surface area (Å²) in [5, 5.41) is 0. The van der Waals surface area contributed by atoms with E-state index in [9.17, 15) is 0 Å². The Bertz CT molecular complexity index is 384. The number of nitrogens with one attached hydrogen (secondary N) is 1. The van der Waals surface area contributed by atoms with E-state index in [-0.39, 0.29) is 0 Å². The number of nitrogen functional groups attached to an aromatic ring is 1. The zero-order chi connectivity index (χ0) is 14.3. The van der Waals surface area contributed by atoms with Crippen LogP contribution in [0.4, 0.5) is 11.9 Å². The van der Waals surface area contributed by atoms with Crippen molar-refractivity contribution >= 4 is 11.9 Å². The molecule has 0 aromatic carbocycles. The van der Waals surface area contributed by atoms with Crippen molar-refractivity contribution in [2.75, 3.05) is 30.5 Å². The standard InChI is InChI=1S/C12H24N6O/c1-5-8-19-12-15-10(17-13)14-11(16-12)18(4)7-6-9(2)3/h9H,5-8,13H2,1-4H3,(H,14,15,16,17). The van der Waals surface area contributed by atoms with Gasteiger partial charge in [-0.25, -0.2) is 5.84 Å². The molecule has 0 radical (unpaired) electrons. The van der Waals surface area contributed by atoms with Crippen molar-refractivity contribution in [2.45, 2.75) is 33.6 Å². The Hall–Kier alpha value is -1.63. The number of hydrazine groups is 1. The van der Waals surface area contributed by atoms with E-state index in [0.29, 0.717) is 30.4 Å². The molecule has 7 heteroatoms. The average molecular weight is 268 g/mol. The first kappa shape index (κ1) is 15.4. The van der Waals surface area contributed by atoms with Crippen LogP contribution in [-0.2, 0) is 0 Å². The monoisotopic (exact) mass is 268 g/mol. The van der Waals surface area contributed by atoms with Crippen molar-refractivity contribution in [1.29, 1.82) is 0 Å². The summed E-state index contributed by atoms with van der Waals surface area (Å²) in [6, 6.07) is 0.302. The van der Waals surface area contributed by atoms with Crippen LogP contribution in [0.5, 0.6) is 6.01 Å². The van der Waals surface area contributed by atoms with E-state index in [4.69, 9.17) is 10.6 Å². The maximum Gasteiger partial charge on any atom is 0.323 e. The third-order valence-electron chi connectivity index (χ3n) is 2.55. The minimum Gasteiger partial charge on any atom is -0.463 e. The molecule has 0 saturated carbocycles. The number of ether oxygens (including phenoxy) is 1. The number of aromatic nitrogens is 3. The van der Waals surface area contributed by atoms with Crippen molar-refractivity contribution in [3.05, 3.63) is 0 Å². The second-order valence-corrected chi connectivity index (χ2v) is 4.84. The van der Waals surface area contributed by atoms with Gasteiger partial charge >= 0.3 is 6.01 Å². The molecule has 1 heterocycles. The topological polar surface area (TPSA) is 89.2 Å². The van der Waals surface area contributed by atoms with Gasteiger partial charge in [-0.1, -0.05) is 20.8 Å². The van der Waals surface area contributed by atoms with Gasteiger partial charge in [0.2, 0.25) is 11.9 Å². The van der Waals surface area contributed by atoms with Crippen molar-refractivity contribution in [2.24, 2.45) is 11.8 Å².